The standard InChI is InChI=1S/C20H22N6O/c1-15-21-7-9-25(15)10-8-22-20(27)17-12-26(13-17)19-11-18(23-14-24-19)16-5-3-2-4-6-16/h2-7,9,11,14,17H,8,10,12-13H2,1H3,(H,22,27). The first-order valence-corrected chi connectivity index (χ1v) is 9.08. The zero-order chi connectivity index (χ0) is 18.6. The molecule has 4 rings (SSSR count). The van der Waals surface area contributed by atoms with Gasteiger partial charge in [-0.2, -0.15) is 0 Å². The van der Waals surface area contributed by atoms with Crippen LogP contribution in [0.3, 0.4) is 0 Å². The molecule has 1 aliphatic heterocycles. The SMILES string of the molecule is Cc1nccn1CCNC(=O)C1CN(c2cc(-c3ccccc3)ncn2)C1. The molecule has 1 aliphatic rings. The van der Waals surface area contributed by atoms with E-state index in [1.54, 1.807) is 12.5 Å². The van der Waals surface area contributed by atoms with E-state index in [1.165, 1.54) is 0 Å². The Hall–Kier alpha value is -3.22. The molecule has 1 N–H and O–H groups in total. The van der Waals surface area contributed by atoms with E-state index in [4.69, 9.17) is 0 Å². The molecule has 0 atom stereocenters. The number of aryl methyl sites for hydroxylation is 1. The Morgan fingerprint density at radius 3 is 2.74 bits per heavy atom. The Morgan fingerprint density at radius 1 is 1.19 bits per heavy atom. The highest BCUT2D eigenvalue weighted by Crippen LogP contribution is 2.26. The first-order chi connectivity index (χ1) is 13.2. The Labute approximate surface area is 158 Å². The maximum Gasteiger partial charge on any atom is 0.226 e. The number of nitrogens with one attached hydrogen (secondary N) is 1. The molecule has 138 valence electrons. The Kier molecular flexibility index (Phi) is 4.82. The van der Waals surface area contributed by atoms with Crippen molar-refractivity contribution in [2.45, 2.75) is 13.5 Å². The second kappa shape index (κ2) is 7.57. The van der Waals surface area contributed by atoms with Gasteiger partial charge in [-0.3, -0.25) is 4.79 Å². The van der Waals surface area contributed by atoms with Gasteiger partial charge in [-0.05, 0) is 6.92 Å². The van der Waals surface area contributed by atoms with Crippen molar-refractivity contribution >= 4 is 11.7 Å². The summed E-state index contributed by atoms with van der Waals surface area (Å²) >= 11 is 0. The highest BCUT2D eigenvalue weighted by molar-refractivity contribution is 5.81. The van der Waals surface area contributed by atoms with E-state index in [0.29, 0.717) is 19.6 Å². The first-order valence-electron chi connectivity index (χ1n) is 9.08. The van der Waals surface area contributed by atoms with Gasteiger partial charge in [0.15, 0.2) is 0 Å². The average molecular weight is 362 g/mol. The molecule has 0 saturated carbocycles. The summed E-state index contributed by atoms with van der Waals surface area (Å²) in [5.41, 5.74) is 1.95. The van der Waals surface area contributed by atoms with Gasteiger partial charge in [0.05, 0.1) is 11.6 Å². The molecular weight excluding hydrogens is 340 g/mol. The molecule has 1 amide bonds. The molecule has 0 aliphatic carbocycles. The molecular formula is C20H22N6O. The lowest BCUT2D eigenvalue weighted by Gasteiger charge is -2.39. The van der Waals surface area contributed by atoms with Crippen LogP contribution in [0.15, 0.2) is 55.1 Å². The van der Waals surface area contributed by atoms with Crippen LogP contribution in [0.4, 0.5) is 5.82 Å². The number of hydrogen-bond acceptors (Lipinski definition) is 5. The van der Waals surface area contributed by atoms with Crippen LogP contribution < -0.4 is 10.2 Å². The van der Waals surface area contributed by atoms with Crippen LogP contribution in [0.5, 0.6) is 0 Å². The smallest absolute Gasteiger partial charge is 0.226 e. The third kappa shape index (κ3) is 3.81. The van der Waals surface area contributed by atoms with E-state index >= 15 is 0 Å². The van der Waals surface area contributed by atoms with Gasteiger partial charge in [-0.15, -0.1) is 0 Å². The molecule has 1 aromatic carbocycles. The largest absolute Gasteiger partial charge is 0.355 e. The summed E-state index contributed by atoms with van der Waals surface area (Å²) in [5.74, 6) is 1.92. The van der Waals surface area contributed by atoms with Crippen LogP contribution in [0.25, 0.3) is 11.3 Å². The van der Waals surface area contributed by atoms with Crippen LogP contribution >= 0.6 is 0 Å². The van der Waals surface area contributed by atoms with Crippen LogP contribution in [0, 0.1) is 12.8 Å². The van der Waals surface area contributed by atoms with Crippen LogP contribution in [0.2, 0.25) is 0 Å². The highest BCUT2D eigenvalue weighted by atomic mass is 16.2. The molecule has 2 aromatic heterocycles. The van der Waals surface area contributed by atoms with Gasteiger partial charge in [0.25, 0.3) is 0 Å². The number of carbonyl (C=O) groups excluding carboxylic acids is 1. The monoisotopic (exact) mass is 362 g/mol. The lowest BCUT2D eigenvalue weighted by Crippen LogP contribution is -2.54. The molecule has 0 spiro atoms. The summed E-state index contributed by atoms with van der Waals surface area (Å²) < 4.78 is 2.03. The summed E-state index contributed by atoms with van der Waals surface area (Å²) in [6.07, 6.45) is 5.27. The summed E-state index contributed by atoms with van der Waals surface area (Å²) in [6, 6.07) is 12.0. The fraction of sp³-hybridized carbons (Fsp3) is 0.300. The van der Waals surface area contributed by atoms with Gasteiger partial charge < -0.3 is 14.8 Å². The topological polar surface area (TPSA) is 75.9 Å². The summed E-state index contributed by atoms with van der Waals surface area (Å²) in [5, 5.41) is 3.01. The normalized spacial score (nSPS) is 14.0. The lowest BCUT2D eigenvalue weighted by atomic mass is 9.99. The van der Waals surface area contributed by atoms with Crippen molar-refractivity contribution in [3.05, 3.63) is 60.9 Å². The predicted octanol–water partition coefficient (Wildman–Crippen LogP) is 1.90. The van der Waals surface area contributed by atoms with Crippen molar-refractivity contribution < 1.29 is 4.79 Å². The Morgan fingerprint density at radius 2 is 2.00 bits per heavy atom. The average Bonchev–Trinajstić information content (AvgIpc) is 3.06. The number of hydrogen-bond donors (Lipinski definition) is 1. The number of aromatic nitrogens is 4. The molecule has 7 nitrogen and oxygen atoms in total. The van der Waals surface area contributed by atoms with Gasteiger partial charge >= 0.3 is 0 Å². The molecule has 0 bridgehead atoms. The van der Waals surface area contributed by atoms with E-state index in [0.717, 1.165) is 29.4 Å². The van der Waals surface area contributed by atoms with Crippen molar-refractivity contribution in [3.63, 3.8) is 0 Å². The van der Waals surface area contributed by atoms with Crippen molar-refractivity contribution in [2.24, 2.45) is 5.92 Å². The maximum atomic E-state index is 12.3. The second-order valence-electron chi connectivity index (χ2n) is 6.69. The lowest BCUT2D eigenvalue weighted by molar-refractivity contribution is -0.125. The Balaban J connectivity index is 1.29. The molecule has 7 heteroatoms. The third-order valence-electron chi connectivity index (χ3n) is 4.87. The minimum atomic E-state index is 0.00373. The summed E-state index contributed by atoms with van der Waals surface area (Å²) in [4.78, 5) is 27.3. The van der Waals surface area contributed by atoms with E-state index < -0.39 is 0 Å². The van der Waals surface area contributed by atoms with E-state index in [1.807, 2.05) is 54.1 Å². The number of carbonyl (C=O) groups is 1. The summed E-state index contributed by atoms with van der Waals surface area (Å²) in [6.45, 7) is 4.66. The molecule has 1 saturated heterocycles. The fourth-order valence-corrected chi connectivity index (χ4v) is 3.20. The summed E-state index contributed by atoms with van der Waals surface area (Å²) in [7, 11) is 0. The number of rotatable bonds is 6. The number of nitrogens with zero attached hydrogens (tertiary/aromatic N) is 5. The zero-order valence-corrected chi connectivity index (χ0v) is 15.2. The van der Waals surface area contributed by atoms with Gasteiger partial charge in [-0.1, -0.05) is 30.3 Å². The van der Waals surface area contributed by atoms with E-state index in [-0.39, 0.29) is 11.8 Å². The number of amides is 1. The highest BCUT2D eigenvalue weighted by Gasteiger charge is 2.33. The molecule has 3 heterocycles. The predicted molar refractivity (Wildman–Crippen MR) is 103 cm³/mol. The van der Waals surface area contributed by atoms with Crippen molar-refractivity contribution in [2.75, 3.05) is 24.5 Å². The van der Waals surface area contributed by atoms with Gasteiger partial charge in [0.2, 0.25) is 5.91 Å². The van der Waals surface area contributed by atoms with Crippen molar-refractivity contribution in [1.29, 1.82) is 0 Å². The minimum absolute atomic E-state index is 0.00373. The number of anilines is 1. The first kappa shape index (κ1) is 17.2. The quantitative estimate of drug-likeness (QED) is 0.725. The molecule has 27 heavy (non-hydrogen) atoms. The van der Waals surface area contributed by atoms with Crippen LogP contribution in [-0.4, -0.2) is 45.1 Å². The maximum absolute atomic E-state index is 12.3. The molecule has 1 fully saturated rings. The number of benzene rings is 1. The molecule has 3 aromatic rings. The van der Waals surface area contributed by atoms with Crippen molar-refractivity contribution in [1.82, 2.24) is 24.8 Å². The van der Waals surface area contributed by atoms with E-state index in [9.17, 15) is 4.79 Å². The van der Waals surface area contributed by atoms with Gasteiger partial charge in [0, 0.05) is 50.2 Å². The van der Waals surface area contributed by atoms with E-state index in [2.05, 4.69) is 25.2 Å². The zero-order valence-electron chi connectivity index (χ0n) is 15.2. The minimum Gasteiger partial charge on any atom is -0.355 e. The van der Waals surface area contributed by atoms with Gasteiger partial charge in [0.1, 0.15) is 18.0 Å². The Bertz CT molecular complexity index is 917. The van der Waals surface area contributed by atoms with Crippen LogP contribution in [-0.2, 0) is 11.3 Å². The number of imidazole rings is 1. The third-order valence-corrected chi connectivity index (χ3v) is 4.87. The van der Waals surface area contributed by atoms with Crippen molar-refractivity contribution in [3.8, 4) is 11.3 Å². The molecule has 0 unspecified atom stereocenters. The molecule has 0 radical (unpaired) electrons. The van der Waals surface area contributed by atoms with Gasteiger partial charge in [-0.25, -0.2) is 15.0 Å². The van der Waals surface area contributed by atoms with Crippen LogP contribution in [0.1, 0.15) is 5.82 Å². The second-order valence-corrected chi connectivity index (χ2v) is 6.69. The fourth-order valence-electron chi connectivity index (χ4n) is 3.20.